The van der Waals surface area contributed by atoms with Crippen LogP contribution in [0.2, 0.25) is 0 Å². The predicted molar refractivity (Wildman–Crippen MR) is 58.9 cm³/mol. The van der Waals surface area contributed by atoms with E-state index < -0.39 is 0 Å². The van der Waals surface area contributed by atoms with Gasteiger partial charge in [-0.05, 0) is 25.3 Å². The summed E-state index contributed by atoms with van der Waals surface area (Å²) in [6, 6.07) is 0. The van der Waals surface area contributed by atoms with Crippen molar-refractivity contribution in [2.24, 2.45) is 0 Å². The first-order chi connectivity index (χ1) is 6.81. The molecule has 0 saturated heterocycles. The van der Waals surface area contributed by atoms with Crippen LogP contribution in [0.25, 0.3) is 0 Å². The van der Waals surface area contributed by atoms with Crippen molar-refractivity contribution in [1.29, 1.82) is 0 Å². The summed E-state index contributed by atoms with van der Waals surface area (Å²) in [5.41, 5.74) is 0. The molecule has 0 unspecified atom stereocenters. The molecule has 0 radical (unpaired) electrons. The second kappa shape index (κ2) is 10.3. The van der Waals surface area contributed by atoms with Crippen LogP contribution in [0.3, 0.4) is 0 Å². The Labute approximate surface area is 87.3 Å². The van der Waals surface area contributed by atoms with Gasteiger partial charge in [-0.15, -0.1) is 0 Å². The lowest BCUT2D eigenvalue weighted by molar-refractivity contribution is -0.138. The van der Waals surface area contributed by atoms with Crippen molar-refractivity contribution >= 4 is 5.97 Å². The Hall–Kier alpha value is -0.790. The van der Waals surface area contributed by atoms with E-state index in [0.717, 1.165) is 32.1 Å². The highest BCUT2D eigenvalue weighted by Gasteiger charge is 1.98. The molecule has 0 aromatic heterocycles. The number of ether oxygens (including phenoxy) is 1. The molecule has 2 nitrogen and oxygen atoms in total. The molecule has 0 aliphatic carbocycles. The summed E-state index contributed by atoms with van der Waals surface area (Å²) < 4.78 is 4.92. The largest absolute Gasteiger partial charge is 0.435 e. The molecule has 0 spiro atoms. The minimum absolute atomic E-state index is 0.105. The van der Waals surface area contributed by atoms with Crippen molar-refractivity contribution in [3.63, 3.8) is 0 Å². The molecule has 0 N–H and O–H groups in total. The van der Waals surface area contributed by atoms with Crippen LogP contribution >= 0.6 is 0 Å². The molecular weight excluding hydrogens is 176 g/mol. The fourth-order valence-electron chi connectivity index (χ4n) is 1.09. The fourth-order valence-corrected chi connectivity index (χ4v) is 1.09. The first kappa shape index (κ1) is 13.2. The third kappa shape index (κ3) is 9.30. The lowest BCUT2D eigenvalue weighted by Crippen LogP contribution is -1.98. The van der Waals surface area contributed by atoms with Crippen LogP contribution in [0.15, 0.2) is 12.3 Å². The van der Waals surface area contributed by atoms with Gasteiger partial charge in [0, 0.05) is 6.42 Å². The Morgan fingerprint density at radius 3 is 2.50 bits per heavy atom. The average Bonchev–Trinajstić information content (AvgIpc) is 2.18. The molecular formula is C12H22O2. The van der Waals surface area contributed by atoms with Crippen molar-refractivity contribution < 1.29 is 9.53 Å². The molecule has 0 rings (SSSR count). The SMILES string of the molecule is CCCCC=COC(=O)CCCCC. The summed E-state index contributed by atoms with van der Waals surface area (Å²) in [5, 5.41) is 0. The van der Waals surface area contributed by atoms with Crippen LogP contribution in [0, 0.1) is 0 Å². The molecule has 0 amide bonds. The first-order valence-electron chi connectivity index (χ1n) is 5.65. The normalized spacial score (nSPS) is 10.7. The number of esters is 1. The number of carbonyl (C=O) groups excluding carboxylic acids is 1. The van der Waals surface area contributed by atoms with Crippen molar-refractivity contribution in [3.05, 3.63) is 12.3 Å². The van der Waals surface area contributed by atoms with Gasteiger partial charge >= 0.3 is 5.97 Å². The highest BCUT2D eigenvalue weighted by molar-refractivity contribution is 5.69. The summed E-state index contributed by atoms with van der Waals surface area (Å²) in [6.07, 6.45) is 10.5. The molecule has 0 bridgehead atoms. The van der Waals surface area contributed by atoms with Gasteiger partial charge in [-0.2, -0.15) is 0 Å². The maximum absolute atomic E-state index is 11.1. The molecule has 2 heteroatoms. The van der Waals surface area contributed by atoms with Gasteiger partial charge in [-0.25, -0.2) is 0 Å². The number of hydrogen-bond acceptors (Lipinski definition) is 2. The average molecular weight is 198 g/mol. The van der Waals surface area contributed by atoms with Crippen molar-refractivity contribution in [2.45, 2.75) is 58.8 Å². The van der Waals surface area contributed by atoms with Crippen molar-refractivity contribution in [2.75, 3.05) is 0 Å². The van der Waals surface area contributed by atoms with Gasteiger partial charge < -0.3 is 4.74 Å². The van der Waals surface area contributed by atoms with Gasteiger partial charge in [0.2, 0.25) is 0 Å². The van der Waals surface area contributed by atoms with E-state index in [4.69, 9.17) is 4.74 Å². The van der Waals surface area contributed by atoms with Crippen LogP contribution in [0.1, 0.15) is 58.8 Å². The minimum Gasteiger partial charge on any atom is -0.435 e. The summed E-state index contributed by atoms with van der Waals surface area (Å²) in [7, 11) is 0. The smallest absolute Gasteiger partial charge is 0.310 e. The molecule has 0 aromatic rings. The Morgan fingerprint density at radius 1 is 1.14 bits per heavy atom. The summed E-state index contributed by atoms with van der Waals surface area (Å²) >= 11 is 0. The number of carbonyl (C=O) groups is 1. The van der Waals surface area contributed by atoms with E-state index in [2.05, 4.69) is 13.8 Å². The zero-order valence-corrected chi connectivity index (χ0v) is 9.42. The molecule has 0 aromatic carbocycles. The maximum atomic E-state index is 11.1. The van der Waals surface area contributed by atoms with E-state index in [1.807, 2.05) is 6.08 Å². The zero-order valence-electron chi connectivity index (χ0n) is 9.42. The van der Waals surface area contributed by atoms with E-state index in [-0.39, 0.29) is 5.97 Å². The maximum Gasteiger partial charge on any atom is 0.310 e. The van der Waals surface area contributed by atoms with Gasteiger partial charge in [0.1, 0.15) is 0 Å². The topological polar surface area (TPSA) is 26.3 Å². The van der Waals surface area contributed by atoms with Gasteiger partial charge in [0.15, 0.2) is 0 Å². The molecule has 0 atom stereocenters. The molecule has 14 heavy (non-hydrogen) atoms. The highest BCUT2D eigenvalue weighted by atomic mass is 16.5. The van der Waals surface area contributed by atoms with Crippen molar-refractivity contribution in [1.82, 2.24) is 0 Å². The Kier molecular flexibility index (Phi) is 9.71. The summed E-state index contributed by atoms with van der Waals surface area (Å²) in [5.74, 6) is -0.105. The van der Waals surface area contributed by atoms with Crippen LogP contribution in [0.4, 0.5) is 0 Å². The second-order valence-electron chi connectivity index (χ2n) is 3.46. The lowest BCUT2D eigenvalue weighted by Gasteiger charge is -1.97. The molecule has 82 valence electrons. The fraction of sp³-hybridized carbons (Fsp3) is 0.750. The monoisotopic (exact) mass is 198 g/mol. The van der Waals surface area contributed by atoms with Gasteiger partial charge in [-0.1, -0.05) is 33.1 Å². The summed E-state index contributed by atoms with van der Waals surface area (Å²) in [4.78, 5) is 11.1. The Bertz CT molecular complexity index is 162. The molecule has 0 heterocycles. The Balaban J connectivity index is 3.29. The van der Waals surface area contributed by atoms with Crippen LogP contribution in [-0.2, 0) is 9.53 Å². The number of allylic oxidation sites excluding steroid dienone is 1. The van der Waals surface area contributed by atoms with Crippen LogP contribution in [-0.4, -0.2) is 5.97 Å². The third-order valence-electron chi connectivity index (χ3n) is 2.00. The zero-order chi connectivity index (χ0) is 10.6. The molecule has 0 saturated carbocycles. The number of hydrogen-bond donors (Lipinski definition) is 0. The number of rotatable bonds is 8. The first-order valence-corrected chi connectivity index (χ1v) is 5.65. The van der Waals surface area contributed by atoms with E-state index in [0.29, 0.717) is 6.42 Å². The quantitative estimate of drug-likeness (QED) is 0.337. The van der Waals surface area contributed by atoms with Crippen LogP contribution < -0.4 is 0 Å². The molecule has 0 aliphatic rings. The Morgan fingerprint density at radius 2 is 1.86 bits per heavy atom. The van der Waals surface area contributed by atoms with E-state index in [1.54, 1.807) is 0 Å². The standard InChI is InChI=1S/C12H22O2/c1-3-5-7-9-11-14-12(13)10-8-6-4-2/h9,11H,3-8,10H2,1-2H3. The third-order valence-corrected chi connectivity index (χ3v) is 2.00. The van der Waals surface area contributed by atoms with E-state index >= 15 is 0 Å². The molecule has 0 aliphatic heterocycles. The minimum atomic E-state index is -0.105. The van der Waals surface area contributed by atoms with E-state index in [1.165, 1.54) is 12.7 Å². The lowest BCUT2D eigenvalue weighted by atomic mass is 10.2. The van der Waals surface area contributed by atoms with Crippen molar-refractivity contribution in [3.8, 4) is 0 Å². The number of unbranched alkanes of at least 4 members (excludes halogenated alkanes) is 4. The van der Waals surface area contributed by atoms with Gasteiger partial charge in [0.05, 0.1) is 6.26 Å². The predicted octanol–water partition coefficient (Wildman–Crippen LogP) is 3.81. The van der Waals surface area contributed by atoms with Crippen LogP contribution in [0.5, 0.6) is 0 Å². The van der Waals surface area contributed by atoms with Gasteiger partial charge in [-0.3, -0.25) is 4.79 Å². The highest BCUT2D eigenvalue weighted by Crippen LogP contribution is 2.01. The summed E-state index contributed by atoms with van der Waals surface area (Å²) in [6.45, 7) is 4.26. The van der Waals surface area contributed by atoms with E-state index in [9.17, 15) is 4.79 Å². The van der Waals surface area contributed by atoms with Gasteiger partial charge in [0.25, 0.3) is 0 Å². The molecule has 0 fully saturated rings. The second-order valence-corrected chi connectivity index (χ2v) is 3.46.